The summed E-state index contributed by atoms with van der Waals surface area (Å²) in [7, 11) is 0. The predicted octanol–water partition coefficient (Wildman–Crippen LogP) is 2.01. The summed E-state index contributed by atoms with van der Waals surface area (Å²) in [4.78, 5) is 10.0. The van der Waals surface area contributed by atoms with Gasteiger partial charge in [0.1, 0.15) is 6.29 Å². The van der Waals surface area contributed by atoms with E-state index >= 15 is 0 Å². The van der Waals surface area contributed by atoms with Gasteiger partial charge in [-0.3, -0.25) is 0 Å². The van der Waals surface area contributed by atoms with Crippen LogP contribution in [0.5, 0.6) is 0 Å². The largest absolute Gasteiger partial charge is 0.303 e. The number of carbonyl (C=O) groups excluding carboxylic acids is 1. The summed E-state index contributed by atoms with van der Waals surface area (Å²) in [5.41, 5.74) is 0. The van der Waals surface area contributed by atoms with Crippen LogP contribution in [0.4, 0.5) is 0 Å². The van der Waals surface area contributed by atoms with Crippen LogP contribution in [-0.2, 0) is 24.3 Å². The third kappa shape index (κ3) is 8.29. The van der Waals surface area contributed by atoms with E-state index in [1.54, 1.807) is 0 Å². The SMILES string of the molecule is CCCCC(C)C=O.[Rh]. The number of hydrogen-bond acceptors (Lipinski definition) is 1. The maximum atomic E-state index is 10.0. The van der Waals surface area contributed by atoms with Gasteiger partial charge in [0.15, 0.2) is 0 Å². The van der Waals surface area contributed by atoms with Crippen LogP contribution >= 0.6 is 0 Å². The zero-order valence-electron chi connectivity index (χ0n) is 6.02. The third-order valence-electron chi connectivity index (χ3n) is 1.25. The van der Waals surface area contributed by atoms with Crippen LogP contribution < -0.4 is 0 Å². The molecule has 0 N–H and O–H groups in total. The molecule has 9 heavy (non-hydrogen) atoms. The maximum absolute atomic E-state index is 10.0. The molecule has 1 nitrogen and oxygen atoms in total. The van der Waals surface area contributed by atoms with E-state index in [2.05, 4.69) is 6.92 Å². The van der Waals surface area contributed by atoms with Gasteiger partial charge in [-0.25, -0.2) is 0 Å². The molecule has 0 rings (SSSR count). The number of unbranched alkanes of at least 4 members (excludes halogenated alkanes) is 1. The van der Waals surface area contributed by atoms with Gasteiger partial charge in [-0.05, 0) is 6.42 Å². The van der Waals surface area contributed by atoms with Crippen LogP contribution in [0.25, 0.3) is 0 Å². The molecule has 0 saturated heterocycles. The van der Waals surface area contributed by atoms with Gasteiger partial charge in [-0.15, -0.1) is 0 Å². The van der Waals surface area contributed by atoms with Crippen molar-refractivity contribution in [2.75, 3.05) is 0 Å². The van der Waals surface area contributed by atoms with Crippen molar-refractivity contribution in [2.24, 2.45) is 5.92 Å². The summed E-state index contributed by atoms with van der Waals surface area (Å²) in [5, 5.41) is 0. The van der Waals surface area contributed by atoms with Gasteiger partial charge >= 0.3 is 0 Å². The van der Waals surface area contributed by atoms with Crippen LogP contribution in [0.2, 0.25) is 0 Å². The van der Waals surface area contributed by atoms with Crippen LogP contribution in [-0.4, -0.2) is 6.29 Å². The van der Waals surface area contributed by atoms with Crippen molar-refractivity contribution in [2.45, 2.75) is 33.1 Å². The Morgan fingerprint density at radius 1 is 1.56 bits per heavy atom. The van der Waals surface area contributed by atoms with Crippen LogP contribution in [0, 0.1) is 5.92 Å². The fraction of sp³-hybridized carbons (Fsp3) is 0.857. The summed E-state index contributed by atoms with van der Waals surface area (Å²) >= 11 is 0. The molecule has 0 spiro atoms. The fourth-order valence-corrected chi connectivity index (χ4v) is 0.594. The minimum absolute atomic E-state index is 0. The van der Waals surface area contributed by atoms with E-state index in [9.17, 15) is 4.79 Å². The summed E-state index contributed by atoms with van der Waals surface area (Å²) < 4.78 is 0. The molecule has 0 aromatic rings. The Labute approximate surface area is 70.0 Å². The number of rotatable bonds is 4. The Bertz CT molecular complexity index is 63.9. The number of carbonyl (C=O) groups is 1. The number of aldehydes is 1. The summed E-state index contributed by atoms with van der Waals surface area (Å²) in [6.45, 7) is 4.10. The monoisotopic (exact) mass is 217 g/mol. The van der Waals surface area contributed by atoms with Crippen molar-refractivity contribution in [3.8, 4) is 0 Å². The van der Waals surface area contributed by atoms with Crippen molar-refractivity contribution in [3.05, 3.63) is 0 Å². The average molecular weight is 217 g/mol. The first-order chi connectivity index (χ1) is 3.81. The first kappa shape index (κ1) is 12.0. The minimum Gasteiger partial charge on any atom is -0.303 e. The molecule has 0 aliphatic carbocycles. The average Bonchev–Trinajstić information content (AvgIpc) is 1.83. The Hall–Kier alpha value is 0.293. The zero-order valence-corrected chi connectivity index (χ0v) is 7.66. The van der Waals surface area contributed by atoms with E-state index in [4.69, 9.17) is 0 Å². The Morgan fingerprint density at radius 2 is 2.11 bits per heavy atom. The molecule has 0 aromatic carbocycles. The Morgan fingerprint density at radius 3 is 2.44 bits per heavy atom. The van der Waals surface area contributed by atoms with Gasteiger partial charge in [0.2, 0.25) is 0 Å². The molecule has 0 fully saturated rings. The van der Waals surface area contributed by atoms with Crippen molar-refractivity contribution >= 4 is 6.29 Å². The van der Waals surface area contributed by atoms with Crippen molar-refractivity contribution < 1.29 is 24.3 Å². The molecule has 0 aromatic heterocycles. The minimum atomic E-state index is 0. The van der Waals surface area contributed by atoms with E-state index in [1.165, 1.54) is 12.8 Å². The van der Waals surface area contributed by atoms with E-state index in [0.717, 1.165) is 12.7 Å². The van der Waals surface area contributed by atoms with E-state index in [1.807, 2.05) is 6.92 Å². The quantitative estimate of drug-likeness (QED) is 0.520. The number of hydrogen-bond donors (Lipinski definition) is 0. The molecular formula is C7H14ORh. The van der Waals surface area contributed by atoms with Gasteiger partial charge in [0.25, 0.3) is 0 Å². The predicted molar refractivity (Wildman–Crippen MR) is 34.8 cm³/mol. The van der Waals surface area contributed by atoms with Gasteiger partial charge in [-0.2, -0.15) is 0 Å². The summed E-state index contributed by atoms with van der Waals surface area (Å²) in [6, 6.07) is 0. The molecule has 1 atom stereocenters. The molecule has 0 aliphatic heterocycles. The van der Waals surface area contributed by atoms with Crippen molar-refractivity contribution in [3.63, 3.8) is 0 Å². The second-order valence-corrected chi connectivity index (χ2v) is 2.26. The molecule has 0 heterocycles. The third-order valence-corrected chi connectivity index (χ3v) is 1.25. The van der Waals surface area contributed by atoms with Gasteiger partial charge in [-0.1, -0.05) is 26.7 Å². The molecule has 1 unspecified atom stereocenters. The molecular weight excluding hydrogens is 203 g/mol. The molecule has 1 radical (unpaired) electrons. The van der Waals surface area contributed by atoms with Gasteiger partial charge in [0, 0.05) is 25.4 Å². The maximum Gasteiger partial charge on any atom is 0.122 e. The van der Waals surface area contributed by atoms with Crippen LogP contribution in [0.15, 0.2) is 0 Å². The van der Waals surface area contributed by atoms with Crippen molar-refractivity contribution in [1.82, 2.24) is 0 Å². The molecule has 0 amide bonds. The first-order valence-electron chi connectivity index (χ1n) is 3.26. The van der Waals surface area contributed by atoms with Crippen LogP contribution in [0.3, 0.4) is 0 Å². The Kier molecular flexibility index (Phi) is 11.1. The van der Waals surface area contributed by atoms with Crippen LogP contribution in [0.1, 0.15) is 33.1 Å². The molecule has 0 saturated carbocycles. The Balaban J connectivity index is 0. The normalized spacial score (nSPS) is 11.8. The van der Waals surface area contributed by atoms with E-state index < -0.39 is 0 Å². The van der Waals surface area contributed by atoms with Crippen molar-refractivity contribution in [1.29, 1.82) is 0 Å². The second-order valence-electron chi connectivity index (χ2n) is 2.26. The summed E-state index contributed by atoms with van der Waals surface area (Å²) in [6.07, 6.45) is 4.45. The summed E-state index contributed by atoms with van der Waals surface area (Å²) in [5.74, 6) is 0.273. The molecule has 57 valence electrons. The first-order valence-corrected chi connectivity index (χ1v) is 3.26. The topological polar surface area (TPSA) is 17.1 Å². The zero-order chi connectivity index (χ0) is 6.41. The fourth-order valence-electron chi connectivity index (χ4n) is 0.594. The molecule has 0 bridgehead atoms. The van der Waals surface area contributed by atoms with Gasteiger partial charge < -0.3 is 4.79 Å². The second kappa shape index (κ2) is 8.29. The van der Waals surface area contributed by atoms with E-state index in [0.29, 0.717) is 0 Å². The standard InChI is InChI=1S/C7H14O.Rh/c1-3-4-5-7(2)6-8;/h6-7H,3-5H2,1-2H3;. The van der Waals surface area contributed by atoms with Gasteiger partial charge in [0.05, 0.1) is 0 Å². The molecule has 0 aliphatic rings. The smallest absolute Gasteiger partial charge is 0.122 e. The molecule has 2 heteroatoms. The van der Waals surface area contributed by atoms with E-state index in [-0.39, 0.29) is 25.4 Å².